The summed E-state index contributed by atoms with van der Waals surface area (Å²) in [5.41, 5.74) is 3.93. The maximum absolute atomic E-state index is 10.6. The van der Waals surface area contributed by atoms with E-state index in [9.17, 15) is 4.79 Å². The molecule has 2 aliphatic heterocycles. The second-order valence-corrected chi connectivity index (χ2v) is 5.59. The van der Waals surface area contributed by atoms with Gasteiger partial charge in [0.2, 0.25) is 0 Å². The molecule has 102 valence electrons. The minimum atomic E-state index is 0.535. The molecule has 3 nitrogen and oxygen atoms in total. The highest BCUT2D eigenvalue weighted by Gasteiger charge is 2.23. The molecule has 0 aromatic heterocycles. The molecule has 0 atom stereocenters. The lowest BCUT2D eigenvalue weighted by molar-refractivity contribution is -0.107. The summed E-state index contributed by atoms with van der Waals surface area (Å²) in [6, 6.07) is 6.49. The van der Waals surface area contributed by atoms with Gasteiger partial charge in [-0.3, -0.25) is 0 Å². The number of carbonyl (C=O) groups excluding carboxylic acids is 1. The van der Waals surface area contributed by atoms with E-state index in [1.807, 2.05) is 0 Å². The minimum absolute atomic E-state index is 0.535. The first-order valence-corrected chi connectivity index (χ1v) is 7.25. The fraction of sp³-hybridized carbons (Fsp3) is 0.562. The summed E-state index contributed by atoms with van der Waals surface area (Å²) < 4.78 is 5.42. The van der Waals surface area contributed by atoms with E-state index in [2.05, 4.69) is 23.1 Å². The second kappa shape index (κ2) is 5.74. The van der Waals surface area contributed by atoms with Crippen LogP contribution in [-0.4, -0.2) is 32.6 Å². The van der Waals surface area contributed by atoms with Crippen LogP contribution in [0, 0.1) is 5.92 Å². The number of aldehydes is 1. The Balaban J connectivity index is 1.69. The van der Waals surface area contributed by atoms with E-state index in [4.69, 9.17) is 4.74 Å². The van der Waals surface area contributed by atoms with Crippen molar-refractivity contribution in [1.82, 2.24) is 0 Å². The Morgan fingerprint density at radius 1 is 1.32 bits per heavy atom. The molecule has 1 aromatic rings. The van der Waals surface area contributed by atoms with Gasteiger partial charge in [-0.05, 0) is 42.4 Å². The SMILES string of the molecule is O=CCc1ccc2c(c1)CCN2CC1CCOCC1. The average Bonchev–Trinajstić information content (AvgIpc) is 2.83. The van der Waals surface area contributed by atoms with E-state index >= 15 is 0 Å². The predicted octanol–water partition coefficient (Wildman–Crippen LogP) is 2.22. The van der Waals surface area contributed by atoms with E-state index in [0.29, 0.717) is 6.42 Å². The molecule has 3 rings (SSSR count). The molecule has 3 heteroatoms. The molecule has 0 amide bonds. The third kappa shape index (κ3) is 2.81. The quantitative estimate of drug-likeness (QED) is 0.777. The first-order valence-electron chi connectivity index (χ1n) is 7.25. The zero-order chi connectivity index (χ0) is 13.1. The highest BCUT2D eigenvalue weighted by molar-refractivity contribution is 5.62. The van der Waals surface area contributed by atoms with Gasteiger partial charge in [0.1, 0.15) is 6.29 Å². The topological polar surface area (TPSA) is 29.5 Å². The normalized spacial score (nSPS) is 19.5. The van der Waals surface area contributed by atoms with Crippen LogP contribution in [0.2, 0.25) is 0 Å². The van der Waals surface area contributed by atoms with E-state index in [1.54, 1.807) is 0 Å². The molecule has 0 saturated carbocycles. The highest BCUT2D eigenvalue weighted by Crippen LogP contribution is 2.30. The van der Waals surface area contributed by atoms with E-state index < -0.39 is 0 Å². The number of nitrogens with zero attached hydrogens (tertiary/aromatic N) is 1. The van der Waals surface area contributed by atoms with Crippen molar-refractivity contribution >= 4 is 12.0 Å². The van der Waals surface area contributed by atoms with Gasteiger partial charge in [0, 0.05) is 38.4 Å². The summed E-state index contributed by atoms with van der Waals surface area (Å²) in [4.78, 5) is 13.1. The maximum atomic E-state index is 10.6. The van der Waals surface area contributed by atoms with Gasteiger partial charge in [-0.2, -0.15) is 0 Å². The Hall–Kier alpha value is -1.35. The number of hydrogen-bond acceptors (Lipinski definition) is 3. The number of carbonyl (C=O) groups is 1. The zero-order valence-electron chi connectivity index (χ0n) is 11.3. The molecule has 2 heterocycles. The van der Waals surface area contributed by atoms with E-state index in [1.165, 1.54) is 24.1 Å². The number of ether oxygens (including phenoxy) is 1. The van der Waals surface area contributed by atoms with Crippen molar-refractivity contribution in [1.29, 1.82) is 0 Å². The summed E-state index contributed by atoms with van der Waals surface area (Å²) >= 11 is 0. The molecule has 1 aromatic carbocycles. The van der Waals surface area contributed by atoms with Crippen LogP contribution >= 0.6 is 0 Å². The van der Waals surface area contributed by atoms with Crippen molar-refractivity contribution in [2.24, 2.45) is 5.92 Å². The monoisotopic (exact) mass is 259 g/mol. The van der Waals surface area contributed by atoms with Crippen molar-refractivity contribution < 1.29 is 9.53 Å². The van der Waals surface area contributed by atoms with Crippen LogP contribution < -0.4 is 4.90 Å². The van der Waals surface area contributed by atoms with Crippen LogP contribution in [0.25, 0.3) is 0 Å². The molecular weight excluding hydrogens is 238 g/mol. The molecule has 0 aliphatic carbocycles. The Kier molecular flexibility index (Phi) is 3.83. The van der Waals surface area contributed by atoms with Gasteiger partial charge in [-0.1, -0.05) is 12.1 Å². The standard InChI is InChI=1S/C16H21NO2/c18-8-4-13-1-2-16-15(11-13)3-7-17(16)12-14-5-9-19-10-6-14/h1-2,8,11,14H,3-7,9-10,12H2. The summed E-state index contributed by atoms with van der Waals surface area (Å²) in [7, 11) is 0. The smallest absolute Gasteiger partial charge is 0.124 e. The highest BCUT2D eigenvalue weighted by atomic mass is 16.5. The molecule has 0 unspecified atom stereocenters. The van der Waals surface area contributed by atoms with E-state index in [-0.39, 0.29) is 0 Å². The molecule has 0 N–H and O–H groups in total. The third-order valence-electron chi connectivity index (χ3n) is 4.27. The summed E-state index contributed by atoms with van der Waals surface area (Å²) in [6.45, 7) is 4.12. The Labute approximate surface area is 114 Å². The lowest BCUT2D eigenvalue weighted by Crippen LogP contribution is -2.31. The summed E-state index contributed by atoms with van der Waals surface area (Å²) in [5, 5.41) is 0. The van der Waals surface area contributed by atoms with Crippen molar-refractivity contribution in [3.8, 4) is 0 Å². The van der Waals surface area contributed by atoms with Crippen molar-refractivity contribution in [3.63, 3.8) is 0 Å². The van der Waals surface area contributed by atoms with Crippen LogP contribution in [-0.2, 0) is 22.4 Å². The molecule has 0 radical (unpaired) electrons. The zero-order valence-corrected chi connectivity index (χ0v) is 11.3. The molecule has 0 spiro atoms. The minimum Gasteiger partial charge on any atom is -0.381 e. The van der Waals surface area contributed by atoms with Crippen molar-refractivity contribution in [3.05, 3.63) is 29.3 Å². The molecule has 1 fully saturated rings. The molecule has 19 heavy (non-hydrogen) atoms. The van der Waals surface area contributed by atoms with Crippen molar-refractivity contribution in [2.75, 3.05) is 31.2 Å². The Bertz CT molecular complexity index is 452. The summed E-state index contributed by atoms with van der Waals surface area (Å²) in [5.74, 6) is 0.773. The van der Waals surface area contributed by atoms with Crippen LogP contribution in [0.4, 0.5) is 5.69 Å². The lowest BCUT2D eigenvalue weighted by Gasteiger charge is -2.28. The number of fused-ring (bicyclic) bond motifs is 1. The Morgan fingerprint density at radius 2 is 2.16 bits per heavy atom. The number of benzene rings is 1. The summed E-state index contributed by atoms with van der Waals surface area (Å²) in [6.07, 6.45) is 5.01. The van der Waals surface area contributed by atoms with Gasteiger partial charge >= 0.3 is 0 Å². The number of hydrogen-bond donors (Lipinski definition) is 0. The van der Waals surface area contributed by atoms with Gasteiger partial charge in [0.15, 0.2) is 0 Å². The average molecular weight is 259 g/mol. The van der Waals surface area contributed by atoms with Gasteiger partial charge in [-0.25, -0.2) is 0 Å². The predicted molar refractivity (Wildman–Crippen MR) is 75.7 cm³/mol. The van der Waals surface area contributed by atoms with Gasteiger partial charge in [0.05, 0.1) is 0 Å². The molecular formula is C16H21NO2. The van der Waals surface area contributed by atoms with E-state index in [0.717, 1.165) is 50.5 Å². The fourth-order valence-corrected chi connectivity index (χ4v) is 3.18. The molecule has 2 aliphatic rings. The molecule has 0 bridgehead atoms. The number of anilines is 1. The third-order valence-corrected chi connectivity index (χ3v) is 4.27. The van der Waals surface area contributed by atoms with Gasteiger partial charge in [0.25, 0.3) is 0 Å². The number of rotatable bonds is 4. The maximum Gasteiger partial charge on any atom is 0.124 e. The lowest BCUT2D eigenvalue weighted by atomic mass is 9.99. The largest absolute Gasteiger partial charge is 0.381 e. The van der Waals surface area contributed by atoms with Crippen LogP contribution in [0.3, 0.4) is 0 Å². The van der Waals surface area contributed by atoms with Crippen LogP contribution in [0.15, 0.2) is 18.2 Å². The van der Waals surface area contributed by atoms with Gasteiger partial charge in [-0.15, -0.1) is 0 Å². The second-order valence-electron chi connectivity index (χ2n) is 5.59. The van der Waals surface area contributed by atoms with Gasteiger partial charge < -0.3 is 14.4 Å². The fourth-order valence-electron chi connectivity index (χ4n) is 3.18. The van der Waals surface area contributed by atoms with Crippen molar-refractivity contribution in [2.45, 2.75) is 25.7 Å². The first-order chi connectivity index (χ1) is 9.36. The first kappa shape index (κ1) is 12.7. The van der Waals surface area contributed by atoms with Crippen LogP contribution in [0.5, 0.6) is 0 Å². The van der Waals surface area contributed by atoms with Crippen LogP contribution in [0.1, 0.15) is 24.0 Å². The Morgan fingerprint density at radius 3 is 2.95 bits per heavy atom. The molecule has 1 saturated heterocycles.